The average molecular weight is 224 g/mol. The molecule has 0 aliphatic rings. The molecule has 0 aliphatic carbocycles. The second kappa shape index (κ2) is 7.42. The average Bonchev–Trinajstić information content (AvgIpc) is 2.17. The first kappa shape index (κ1) is 14.1. The van der Waals surface area contributed by atoms with Gasteiger partial charge in [0.05, 0.1) is 6.42 Å². The van der Waals surface area contributed by atoms with Crippen molar-refractivity contribution in [2.45, 2.75) is 19.4 Å². The highest BCUT2D eigenvalue weighted by molar-refractivity contribution is 5.70. The molecule has 88 valence electrons. The van der Waals surface area contributed by atoms with Crippen LogP contribution in [0.4, 0.5) is 0 Å². The van der Waals surface area contributed by atoms with E-state index >= 15 is 0 Å². The zero-order valence-electron chi connectivity index (χ0n) is 9.09. The van der Waals surface area contributed by atoms with Crippen molar-refractivity contribution in [3.05, 3.63) is 35.9 Å². The largest absolute Gasteiger partial charge is 0.481 e. The molecule has 0 saturated carbocycles. The number of hydrogen-bond acceptors (Lipinski definition) is 3. The summed E-state index contributed by atoms with van der Waals surface area (Å²) in [7, 11) is 0. The third kappa shape index (κ3) is 7.52. The lowest BCUT2D eigenvalue weighted by atomic mass is 10.1. The fraction of sp³-hybridized carbons (Fsp3) is 0.273. The molecule has 1 rings (SSSR count). The minimum atomic E-state index is -0.869. The van der Waals surface area contributed by atoms with E-state index in [-0.39, 0.29) is 12.3 Å². The summed E-state index contributed by atoms with van der Waals surface area (Å²) in [5.41, 5.74) is 10.9. The van der Waals surface area contributed by atoms with Crippen LogP contribution in [0.5, 0.6) is 0 Å². The Bertz CT molecular complexity index is 334. The minimum Gasteiger partial charge on any atom is -0.481 e. The number of carbonyl (C=O) groups is 2. The molecular weight excluding hydrogens is 208 g/mol. The first-order chi connectivity index (χ1) is 7.43. The Hall–Kier alpha value is -1.88. The fourth-order valence-electron chi connectivity index (χ4n) is 1.01. The third-order valence-electron chi connectivity index (χ3n) is 1.62. The SMILES string of the molecule is CC(N)=O.NC(CC(=O)O)c1ccccc1. The summed E-state index contributed by atoms with van der Waals surface area (Å²) in [5.74, 6) is -1.20. The van der Waals surface area contributed by atoms with Crippen molar-refractivity contribution in [2.24, 2.45) is 11.5 Å². The van der Waals surface area contributed by atoms with Gasteiger partial charge in [-0.25, -0.2) is 0 Å². The van der Waals surface area contributed by atoms with Gasteiger partial charge in [-0.2, -0.15) is 0 Å². The zero-order valence-corrected chi connectivity index (χ0v) is 9.09. The van der Waals surface area contributed by atoms with Crippen LogP contribution in [0.2, 0.25) is 0 Å². The van der Waals surface area contributed by atoms with Gasteiger partial charge in [-0.1, -0.05) is 30.3 Å². The van der Waals surface area contributed by atoms with Gasteiger partial charge in [-0.05, 0) is 5.56 Å². The first-order valence-electron chi connectivity index (χ1n) is 4.72. The van der Waals surface area contributed by atoms with Crippen molar-refractivity contribution in [3.8, 4) is 0 Å². The quantitative estimate of drug-likeness (QED) is 0.700. The van der Waals surface area contributed by atoms with Gasteiger partial charge in [0, 0.05) is 13.0 Å². The Morgan fingerprint density at radius 3 is 2.12 bits per heavy atom. The topological polar surface area (TPSA) is 106 Å². The predicted molar refractivity (Wildman–Crippen MR) is 60.5 cm³/mol. The molecule has 1 atom stereocenters. The number of carboxylic acids is 1. The van der Waals surface area contributed by atoms with Crippen molar-refractivity contribution >= 4 is 11.9 Å². The number of nitrogens with two attached hydrogens (primary N) is 2. The van der Waals surface area contributed by atoms with E-state index in [9.17, 15) is 9.59 Å². The molecule has 1 aromatic rings. The van der Waals surface area contributed by atoms with Crippen LogP contribution in [-0.4, -0.2) is 17.0 Å². The van der Waals surface area contributed by atoms with Crippen molar-refractivity contribution in [1.29, 1.82) is 0 Å². The lowest BCUT2D eigenvalue weighted by molar-refractivity contribution is -0.137. The van der Waals surface area contributed by atoms with Gasteiger partial charge in [0.2, 0.25) is 5.91 Å². The standard InChI is InChI=1S/C9H11NO2.C2H5NO/c10-8(6-9(11)12)7-4-2-1-3-5-7;1-2(3)4/h1-5,8H,6,10H2,(H,11,12);1H3,(H2,3,4). The van der Waals surface area contributed by atoms with Crippen molar-refractivity contribution in [2.75, 3.05) is 0 Å². The maximum atomic E-state index is 10.3. The normalized spacial score (nSPS) is 10.9. The summed E-state index contributed by atoms with van der Waals surface area (Å²) >= 11 is 0. The smallest absolute Gasteiger partial charge is 0.305 e. The second-order valence-corrected chi connectivity index (χ2v) is 3.23. The number of primary amides is 1. The van der Waals surface area contributed by atoms with Gasteiger partial charge in [-0.15, -0.1) is 0 Å². The molecule has 5 heteroatoms. The molecular formula is C11H16N2O3. The van der Waals surface area contributed by atoms with Crippen LogP contribution in [0.1, 0.15) is 24.9 Å². The molecule has 0 spiro atoms. The number of aliphatic carboxylic acids is 1. The summed E-state index contributed by atoms with van der Waals surface area (Å²) in [5, 5.41) is 8.47. The highest BCUT2D eigenvalue weighted by Gasteiger charge is 2.08. The zero-order chi connectivity index (χ0) is 12.6. The number of hydrogen-bond donors (Lipinski definition) is 3. The van der Waals surface area contributed by atoms with Crippen LogP contribution in [0.15, 0.2) is 30.3 Å². The maximum absolute atomic E-state index is 10.3. The number of benzene rings is 1. The predicted octanol–water partition coefficient (Wildman–Crippen LogP) is 0.653. The second-order valence-electron chi connectivity index (χ2n) is 3.23. The highest BCUT2D eigenvalue weighted by atomic mass is 16.4. The number of carbonyl (C=O) groups excluding carboxylic acids is 1. The lowest BCUT2D eigenvalue weighted by Gasteiger charge is -2.07. The number of carboxylic acid groups (broad SMARTS) is 1. The lowest BCUT2D eigenvalue weighted by Crippen LogP contribution is -2.14. The monoisotopic (exact) mass is 224 g/mol. The molecule has 5 nitrogen and oxygen atoms in total. The van der Waals surface area contributed by atoms with Crippen LogP contribution in [0.25, 0.3) is 0 Å². The third-order valence-corrected chi connectivity index (χ3v) is 1.62. The number of amides is 1. The molecule has 5 N–H and O–H groups in total. The van der Waals surface area contributed by atoms with Crippen molar-refractivity contribution < 1.29 is 14.7 Å². The molecule has 1 aromatic carbocycles. The Kier molecular flexibility index (Phi) is 6.55. The Morgan fingerprint density at radius 1 is 1.31 bits per heavy atom. The summed E-state index contributed by atoms with van der Waals surface area (Å²) in [4.78, 5) is 19.5. The van der Waals surface area contributed by atoms with Crippen LogP contribution < -0.4 is 11.5 Å². The highest BCUT2D eigenvalue weighted by Crippen LogP contribution is 2.12. The van der Waals surface area contributed by atoms with Crippen LogP contribution >= 0.6 is 0 Å². The van der Waals surface area contributed by atoms with Crippen LogP contribution in [-0.2, 0) is 9.59 Å². The summed E-state index contributed by atoms with van der Waals surface area (Å²) < 4.78 is 0. The molecule has 0 heterocycles. The molecule has 0 aliphatic heterocycles. The van der Waals surface area contributed by atoms with E-state index in [4.69, 9.17) is 10.8 Å². The number of rotatable bonds is 3. The van der Waals surface area contributed by atoms with E-state index in [1.54, 1.807) is 0 Å². The first-order valence-corrected chi connectivity index (χ1v) is 4.72. The Labute approximate surface area is 94.1 Å². The minimum absolute atomic E-state index is 0.0238. The van der Waals surface area contributed by atoms with Crippen LogP contribution in [0.3, 0.4) is 0 Å². The van der Waals surface area contributed by atoms with E-state index in [0.29, 0.717) is 0 Å². The molecule has 1 amide bonds. The molecule has 1 unspecified atom stereocenters. The van der Waals surface area contributed by atoms with E-state index < -0.39 is 12.0 Å². The van der Waals surface area contributed by atoms with Crippen molar-refractivity contribution in [1.82, 2.24) is 0 Å². The molecule has 0 radical (unpaired) electrons. The van der Waals surface area contributed by atoms with Gasteiger partial charge in [0.1, 0.15) is 0 Å². The van der Waals surface area contributed by atoms with E-state index in [0.717, 1.165) is 5.56 Å². The molecule has 0 saturated heterocycles. The van der Waals surface area contributed by atoms with Crippen molar-refractivity contribution in [3.63, 3.8) is 0 Å². The van der Waals surface area contributed by atoms with Gasteiger partial charge in [0.15, 0.2) is 0 Å². The van der Waals surface area contributed by atoms with Crippen LogP contribution in [0, 0.1) is 0 Å². The Balaban J connectivity index is 0.000000487. The van der Waals surface area contributed by atoms with Gasteiger partial charge < -0.3 is 16.6 Å². The Morgan fingerprint density at radius 2 is 1.75 bits per heavy atom. The van der Waals surface area contributed by atoms with Gasteiger partial charge in [-0.3, -0.25) is 9.59 Å². The molecule has 16 heavy (non-hydrogen) atoms. The van der Waals surface area contributed by atoms with E-state index in [1.807, 2.05) is 30.3 Å². The maximum Gasteiger partial charge on any atom is 0.305 e. The van der Waals surface area contributed by atoms with E-state index in [2.05, 4.69) is 5.73 Å². The van der Waals surface area contributed by atoms with E-state index in [1.165, 1.54) is 6.92 Å². The summed E-state index contributed by atoms with van der Waals surface area (Å²) in [6.07, 6.45) is -0.0238. The summed E-state index contributed by atoms with van der Waals surface area (Å²) in [6.45, 7) is 1.31. The fourth-order valence-corrected chi connectivity index (χ4v) is 1.01. The molecule has 0 bridgehead atoms. The molecule has 0 aromatic heterocycles. The summed E-state index contributed by atoms with van der Waals surface area (Å²) in [6, 6.07) is 8.82. The molecule has 0 fully saturated rings. The van der Waals surface area contributed by atoms with Gasteiger partial charge >= 0.3 is 5.97 Å². The van der Waals surface area contributed by atoms with Gasteiger partial charge in [0.25, 0.3) is 0 Å².